The highest BCUT2D eigenvalue weighted by molar-refractivity contribution is 5.62. The van der Waals surface area contributed by atoms with Gasteiger partial charge in [-0.05, 0) is 47.2 Å². The molecule has 0 saturated heterocycles. The summed E-state index contributed by atoms with van der Waals surface area (Å²) in [5, 5.41) is 15.2. The summed E-state index contributed by atoms with van der Waals surface area (Å²) in [6, 6.07) is 8.33. The Labute approximate surface area is 125 Å². The molecule has 2 atom stereocenters. The van der Waals surface area contributed by atoms with Crippen LogP contribution in [0.15, 0.2) is 24.3 Å². The van der Waals surface area contributed by atoms with E-state index in [1.165, 1.54) is 25.7 Å². The summed E-state index contributed by atoms with van der Waals surface area (Å²) in [5.74, 6) is 2.47. The highest BCUT2D eigenvalue weighted by Gasteiger charge is 2.18. The second-order valence-corrected chi connectivity index (χ2v) is 6.23. The number of tetrazole rings is 1. The molecule has 1 aromatic heterocycles. The van der Waals surface area contributed by atoms with Gasteiger partial charge in [0, 0.05) is 24.8 Å². The van der Waals surface area contributed by atoms with Crippen molar-refractivity contribution in [1.29, 1.82) is 0 Å². The van der Waals surface area contributed by atoms with E-state index in [9.17, 15) is 0 Å². The fourth-order valence-corrected chi connectivity index (χ4v) is 3.25. The van der Waals surface area contributed by atoms with Crippen LogP contribution in [0.1, 0.15) is 32.6 Å². The lowest BCUT2D eigenvalue weighted by Crippen LogP contribution is -2.20. The van der Waals surface area contributed by atoms with Crippen molar-refractivity contribution in [3.05, 3.63) is 24.3 Å². The van der Waals surface area contributed by atoms with E-state index in [1.54, 1.807) is 4.68 Å². The van der Waals surface area contributed by atoms with Crippen LogP contribution < -0.4 is 5.32 Å². The van der Waals surface area contributed by atoms with Crippen LogP contribution in [0.4, 0.5) is 5.69 Å². The monoisotopic (exact) mass is 285 g/mol. The first-order valence-electron chi connectivity index (χ1n) is 7.79. The molecule has 1 aliphatic carbocycles. The number of rotatable bonds is 4. The Balaban J connectivity index is 1.65. The second-order valence-electron chi connectivity index (χ2n) is 6.23. The van der Waals surface area contributed by atoms with Gasteiger partial charge in [-0.1, -0.05) is 31.9 Å². The number of nitrogens with one attached hydrogen (secondary N) is 1. The molecule has 2 unspecified atom stereocenters. The van der Waals surface area contributed by atoms with E-state index in [0.29, 0.717) is 0 Å². The van der Waals surface area contributed by atoms with Crippen molar-refractivity contribution in [3.63, 3.8) is 0 Å². The summed E-state index contributed by atoms with van der Waals surface area (Å²) in [6.07, 6.45) is 5.47. The van der Waals surface area contributed by atoms with Gasteiger partial charge >= 0.3 is 0 Å². The molecule has 1 aromatic carbocycles. The van der Waals surface area contributed by atoms with E-state index < -0.39 is 0 Å². The second kappa shape index (κ2) is 6.24. The van der Waals surface area contributed by atoms with Crippen molar-refractivity contribution in [2.45, 2.75) is 32.6 Å². The van der Waals surface area contributed by atoms with Gasteiger partial charge in [0.05, 0.1) is 0 Å². The maximum atomic E-state index is 4.06. The molecule has 0 aliphatic heterocycles. The van der Waals surface area contributed by atoms with Gasteiger partial charge in [0.1, 0.15) is 0 Å². The number of anilines is 1. The van der Waals surface area contributed by atoms with Crippen LogP contribution in [0.5, 0.6) is 0 Å². The lowest BCUT2D eigenvalue weighted by atomic mass is 9.82. The van der Waals surface area contributed by atoms with E-state index in [2.05, 4.69) is 46.0 Å². The zero-order valence-corrected chi connectivity index (χ0v) is 12.8. The zero-order chi connectivity index (χ0) is 14.7. The number of hydrogen-bond acceptors (Lipinski definition) is 4. The van der Waals surface area contributed by atoms with E-state index >= 15 is 0 Å². The average Bonchev–Trinajstić information content (AvgIpc) is 2.92. The fourth-order valence-electron chi connectivity index (χ4n) is 3.25. The predicted octanol–water partition coefficient (Wildman–Crippen LogP) is 3.12. The van der Waals surface area contributed by atoms with Crippen molar-refractivity contribution in [2.24, 2.45) is 18.9 Å². The largest absolute Gasteiger partial charge is 0.385 e. The van der Waals surface area contributed by atoms with Crippen molar-refractivity contribution in [2.75, 3.05) is 11.9 Å². The molecule has 112 valence electrons. The summed E-state index contributed by atoms with van der Waals surface area (Å²) in [7, 11) is 1.86. The molecule has 0 amide bonds. The minimum absolute atomic E-state index is 0.796. The van der Waals surface area contributed by atoms with E-state index in [1.807, 2.05) is 13.1 Å². The summed E-state index contributed by atoms with van der Waals surface area (Å²) in [5.41, 5.74) is 2.19. The maximum Gasteiger partial charge on any atom is 0.181 e. The molecule has 0 bridgehead atoms. The van der Waals surface area contributed by atoms with E-state index in [-0.39, 0.29) is 0 Å². The smallest absolute Gasteiger partial charge is 0.181 e. The number of hydrogen-bond donors (Lipinski definition) is 1. The molecule has 5 nitrogen and oxygen atoms in total. The third-order valence-corrected chi connectivity index (χ3v) is 4.38. The lowest BCUT2D eigenvalue weighted by molar-refractivity contribution is 0.293. The number of nitrogens with zero attached hydrogens (tertiary/aromatic N) is 4. The Morgan fingerprint density at radius 2 is 2.24 bits per heavy atom. The Morgan fingerprint density at radius 1 is 1.33 bits per heavy atom. The minimum Gasteiger partial charge on any atom is -0.385 e. The summed E-state index contributed by atoms with van der Waals surface area (Å²) in [6.45, 7) is 3.43. The van der Waals surface area contributed by atoms with Crippen LogP contribution >= 0.6 is 0 Å². The van der Waals surface area contributed by atoms with Crippen molar-refractivity contribution < 1.29 is 0 Å². The minimum atomic E-state index is 0.796. The molecule has 1 saturated carbocycles. The summed E-state index contributed by atoms with van der Waals surface area (Å²) >= 11 is 0. The van der Waals surface area contributed by atoms with Crippen LogP contribution in [-0.4, -0.2) is 26.8 Å². The van der Waals surface area contributed by atoms with Crippen LogP contribution in [0.2, 0.25) is 0 Å². The van der Waals surface area contributed by atoms with Crippen molar-refractivity contribution in [1.82, 2.24) is 20.2 Å². The van der Waals surface area contributed by atoms with Crippen molar-refractivity contribution in [3.8, 4) is 11.4 Å². The first kappa shape index (κ1) is 14.0. The van der Waals surface area contributed by atoms with Crippen molar-refractivity contribution >= 4 is 5.69 Å². The number of aryl methyl sites for hydroxylation is 1. The van der Waals surface area contributed by atoms with Gasteiger partial charge in [0.2, 0.25) is 0 Å². The normalized spacial score (nSPS) is 22.2. The first-order chi connectivity index (χ1) is 10.2. The molecule has 1 aliphatic rings. The Bertz CT molecular complexity index is 592. The van der Waals surface area contributed by atoms with E-state index in [4.69, 9.17) is 0 Å². The third kappa shape index (κ3) is 3.40. The molecule has 0 radical (unpaired) electrons. The molecular weight excluding hydrogens is 262 g/mol. The Morgan fingerprint density at radius 3 is 3.00 bits per heavy atom. The summed E-state index contributed by atoms with van der Waals surface area (Å²) in [4.78, 5) is 0. The van der Waals surface area contributed by atoms with Gasteiger partial charge in [-0.25, -0.2) is 4.68 Å². The Hall–Kier alpha value is -1.91. The van der Waals surface area contributed by atoms with Gasteiger partial charge < -0.3 is 5.32 Å². The molecule has 0 spiro atoms. The highest BCUT2D eigenvalue weighted by Crippen LogP contribution is 2.29. The summed E-state index contributed by atoms with van der Waals surface area (Å²) < 4.78 is 1.70. The standard InChI is InChI=1S/C16H23N5/c1-12-5-3-6-13(9-12)11-17-15-8-4-7-14(10-15)16-18-19-20-21(16)2/h4,7-8,10,12-13,17H,3,5-6,9,11H2,1-2H3. The number of aromatic nitrogens is 4. The first-order valence-corrected chi connectivity index (χ1v) is 7.79. The average molecular weight is 285 g/mol. The molecule has 21 heavy (non-hydrogen) atoms. The third-order valence-electron chi connectivity index (χ3n) is 4.38. The molecule has 3 rings (SSSR count). The highest BCUT2D eigenvalue weighted by atomic mass is 15.5. The molecule has 1 fully saturated rings. The zero-order valence-electron chi connectivity index (χ0n) is 12.8. The number of benzene rings is 1. The topological polar surface area (TPSA) is 55.6 Å². The van der Waals surface area contributed by atoms with Crippen LogP contribution in [0, 0.1) is 11.8 Å². The quantitative estimate of drug-likeness (QED) is 0.937. The van der Waals surface area contributed by atoms with Gasteiger partial charge in [0.15, 0.2) is 5.82 Å². The maximum absolute atomic E-state index is 4.06. The Kier molecular flexibility index (Phi) is 4.18. The van der Waals surface area contributed by atoms with Gasteiger partial charge in [-0.15, -0.1) is 5.10 Å². The van der Waals surface area contributed by atoms with Crippen LogP contribution in [0.25, 0.3) is 11.4 Å². The van der Waals surface area contributed by atoms with E-state index in [0.717, 1.165) is 35.5 Å². The van der Waals surface area contributed by atoms with Gasteiger partial charge in [-0.2, -0.15) is 0 Å². The van der Waals surface area contributed by atoms with Crippen LogP contribution in [-0.2, 0) is 7.05 Å². The predicted molar refractivity (Wildman–Crippen MR) is 83.8 cm³/mol. The van der Waals surface area contributed by atoms with Gasteiger partial charge in [-0.3, -0.25) is 0 Å². The fraction of sp³-hybridized carbons (Fsp3) is 0.562. The molecule has 5 heteroatoms. The molecule has 2 aromatic rings. The SMILES string of the molecule is CC1CCCC(CNc2cccc(-c3nnnn3C)c2)C1. The molecule has 1 heterocycles. The van der Waals surface area contributed by atoms with Gasteiger partial charge in [0.25, 0.3) is 0 Å². The van der Waals surface area contributed by atoms with Crippen LogP contribution in [0.3, 0.4) is 0 Å². The lowest BCUT2D eigenvalue weighted by Gasteiger charge is -2.27. The molecular formula is C16H23N5. The molecule has 1 N–H and O–H groups in total.